The Hall–Kier alpha value is -1.06. The highest BCUT2D eigenvalue weighted by Gasteiger charge is 2.26. The quantitative estimate of drug-likeness (QED) is 0.576. The van der Waals surface area contributed by atoms with Crippen LogP contribution in [-0.2, 0) is 4.79 Å². The van der Waals surface area contributed by atoms with Crippen molar-refractivity contribution in [1.29, 1.82) is 0 Å². The van der Waals surface area contributed by atoms with Gasteiger partial charge in [0.2, 0.25) is 5.91 Å². The number of nitrogens with two attached hydrogens (primary N) is 1. The van der Waals surface area contributed by atoms with Crippen LogP contribution in [0.4, 0.5) is 0 Å². The molecule has 0 heterocycles. The molecule has 0 aromatic carbocycles. The Kier molecular flexibility index (Phi) is 4.02. The molecule has 3 N–H and O–H groups in total. The van der Waals surface area contributed by atoms with Crippen LogP contribution < -0.4 is 11.1 Å². The van der Waals surface area contributed by atoms with Gasteiger partial charge < -0.3 is 11.1 Å². The van der Waals surface area contributed by atoms with E-state index in [4.69, 9.17) is 5.73 Å². The van der Waals surface area contributed by atoms with Gasteiger partial charge >= 0.3 is 0 Å². The van der Waals surface area contributed by atoms with Crippen LogP contribution in [0.3, 0.4) is 0 Å². The van der Waals surface area contributed by atoms with E-state index in [9.17, 15) is 4.79 Å². The van der Waals surface area contributed by atoms with E-state index in [0.717, 1.165) is 25.7 Å². The number of hydrogen-bond acceptors (Lipinski definition) is 2. The van der Waals surface area contributed by atoms with E-state index < -0.39 is 0 Å². The first kappa shape index (κ1) is 12.4. The Labute approximate surface area is 103 Å². The van der Waals surface area contributed by atoms with Crippen LogP contribution in [0.5, 0.6) is 0 Å². The molecule has 1 unspecified atom stereocenters. The van der Waals surface area contributed by atoms with E-state index in [1.165, 1.54) is 19.3 Å². The summed E-state index contributed by atoms with van der Waals surface area (Å²) < 4.78 is 0. The van der Waals surface area contributed by atoms with Gasteiger partial charge in [-0.3, -0.25) is 9.79 Å². The number of amides is 1. The Balaban J connectivity index is 1.84. The SMILES string of the molecule is CC(N=C(N)C1CCCCC1)C(=O)NC1CC1. The van der Waals surface area contributed by atoms with Gasteiger partial charge in [-0.05, 0) is 32.6 Å². The zero-order chi connectivity index (χ0) is 12.3. The number of rotatable bonds is 4. The monoisotopic (exact) mass is 237 g/mol. The normalized spacial score (nSPS) is 24.4. The van der Waals surface area contributed by atoms with Crippen LogP contribution in [0.15, 0.2) is 4.99 Å². The molecule has 0 aliphatic heterocycles. The number of nitrogens with zero attached hydrogens (tertiary/aromatic N) is 1. The third-order valence-electron chi connectivity index (χ3n) is 3.67. The number of nitrogens with one attached hydrogen (secondary N) is 1. The fourth-order valence-electron chi connectivity index (χ4n) is 2.34. The van der Waals surface area contributed by atoms with E-state index in [0.29, 0.717) is 17.8 Å². The van der Waals surface area contributed by atoms with Gasteiger partial charge in [0.25, 0.3) is 0 Å². The summed E-state index contributed by atoms with van der Waals surface area (Å²) >= 11 is 0. The first-order chi connectivity index (χ1) is 8.16. The standard InChI is InChI=1S/C13H23N3O/c1-9(13(17)16-11-7-8-11)15-12(14)10-5-3-2-4-6-10/h9-11H,2-8H2,1H3,(H2,14,15)(H,16,17). The molecule has 2 rings (SSSR count). The molecule has 0 saturated heterocycles. The fourth-order valence-corrected chi connectivity index (χ4v) is 2.34. The van der Waals surface area contributed by atoms with Crippen molar-refractivity contribution in [3.8, 4) is 0 Å². The van der Waals surface area contributed by atoms with Gasteiger partial charge in [0.15, 0.2) is 0 Å². The van der Waals surface area contributed by atoms with Gasteiger partial charge in [0.05, 0.1) is 5.84 Å². The molecular formula is C13H23N3O. The number of carbonyl (C=O) groups is 1. The van der Waals surface area contributed by atoms with Gasteiger partial charge in [0, 0.05) is 12.0 Å². The van der Waals surface area contributed by atoms with Gasteiger partial charge in [-0.25, -0.2) is 0 Å². The number of aliphatic imine (C=N–C) groups is 1. The highest BCUT2D eigenvalue weighted by molar-refractivity contribution is 5.88. The summed E-state index contributed by atoms with van der Waals surface area (Å²) in [6.45, 7) is 1.83. The fraction of sp³-hybridized carbons (Fsp3) is 0.846. The molecule has 0 aromatic heterocycles. The van der Waals surface area contributed by atoms with Gasteiger partial charge in [-0.2, -0.15) is 0 Å². The second kappa shape index (κ2) is 5.52. The van der Waals surface area contributed by atoms with Crippen LogP contribution in [0, 0.1) is 5.92 Å². The predicted molar refractivity (Wildman–Crippen MR) is 68.8 cm³/mol. The van der Waals surface area contributed by atoms with Gasteiger partial charge in [0.1, 0.15) is 6.04 Å². The lowest BCUT2D eigenvalue weighted by molar-refractivity contribution is -0.122. The van der Waals surface area contributed by atoms with Gasteiger partial charge in [-0.1, -0.05) is 19.3 Å². The summed E-state index contributed by atoms with van der Waals surface area (Å²) in [5.74, 6) is 1.11. The second-order valence-corrected chi connectivity index (χ2v) is 5.35. The van der Waals surface area contributed by atoms with Crippen molar-refractivity contribution in [2.24, 2.45) is 16.6 Å². The molecule has 96 valence electrons. The minimum absolute atomic E-state index is 0.0197. The highest BCUT2D eigenvalue weighted by Crippen LogP contribution is 2.24. The molecule has 1 atom stereocenters. The van der Waals surface area contributed by atoms with E-state index in [1.54, 1.807) is 0 Å². The molecular weight excluding hydrogens is 214 g/mol. The average Bonchev–Trinajstić information content (AvgIpc) is 3.14. The van der Waals surface area contributed by atoms with Crippen molar-refractivity contribution in [1.82, 2.24) is 5.32 Å². The zero-order valence-corrected chi connectivity index (χ0v) is 10.6. The average molecular weight is 237 g/mol. The minimum Gasteiger partial charge on any atom is -0.387 e. The lowest BCUT2D eigenvalue weighted by Crippen LogP contribution is -2.36. The summed E-state index contributed by atoms with van der Waals surface area (Å²) in [6.07, 6.45) is 8.27. The lowest BCUT2D eigenvalue weighted by atomic mass is 9.88. The Morgan fingerprint density at radius 3 is 2.47 bits per heavy atom. The summed E-state index contributed by atoms with van der Waals surface area (Å²) in [5, 5.41) is 2.96. The van der Waals surface area contributed by atoms with Gasteiger partial charge in [-0.15, -0.1) is 0 Å². The molecule has 0 radical (unpaired) electrons. The molecule has 0 bridgehead atoms. The molecule has 2 aliphatic rings. The topological polar surface area (TPSA) is 67.5 Å². The summed E-state index contributed by atoms with van der Waals surface area (Å²) in [5.41, 5.74) is 6.00. The maximum absolute atomic E-state index is 11.7. The third kappa shape index (κ3) is 3.72. The van der Waals surface area contributed by atoms with E-state index in [1.807, 2.05) is 6.92 Å². The smallest absolute Gasteiger partial charge is 0.244 e. The maximum Gasteiger partial charge on any atom is 0.244 e. The first-order valence-corrected chi connectivity index (χ1v) is 6.80. The molecule has 0 aromatic rings. The van der Waals surface area contributed by atoms with Crippen molar-refractivity contribution >= 4 is 11.7 Å². The Morgan fingerprint density at radius 2 is 1.88 bits per heavy atom. The van der Waals surface area contributed by atoms with Crippen LogP contribution in [0.25, 0.3) is 0 Å². The minimum atomic E-state index is -0.336. The maximum atomic E-state index is 11.7. The van der Waals surface area contributed by atoms with Crippen molar-refractivity contribution in [3.05, 3.63) is 0 Å². The largest absolute Gasteiger partial charge is 0.387 e. The number of carbonyl (C=O) groups excluding carboxylic acids is 1. The molecule has 0 spiro atoms. The van der Waals surface area contributed by atoms with Crippen molar-refractivity contribution < 1.29 is 4.79 Å². The summed E-state index contributed by atoms with van der Waals surface area (Å²) in [6, 6.07) is 0.0635. The van der Waals surface area contributed by atoms with E-state index >= 15 is 0 Å². The van der Waals surface area contributed by atoms with Crippen molar-refractivity contribution in [2.45, 2.75) is 64.0 Å². The van der Waals surface area contributed by atoms with Crippen LogP contribution in [0.1, 0.15) is 51.9 Å². The first-order valence-electron chi connectivity index (χ1n) is 6.80. The zero-order valence-electron chi connectivity index (χ0n) is 10.6. The molecule has 2 aliphatic carbocycles. The summed E-state index contributed by atoms with van der Waals surface area (Å²) in [7, 11) is 0. The van der Waals surface area contributed by atoms with E-state index in [-0.39, 0.29) is 11.9 Å². The number of amidine groups is 1. The van der Waals surface area contributed by atoms with Crippen LogP contribution in [-0.4, -0.2) is 23.8 Å². The van der Waals surface area contributed by atoms with Crippen LogP contribution >= 0.6 is 0 Å². The number of hydrogen-bond donors (Lipinski definition) is 2. The van der Waals surface area contributed by atoms with Crippen molar-refractivity contribution in [3.63, 3.8) is 0 Å². The van der Waals surface area contributed by atoms with E-state index in [2.05, 4.69) is 10.3 Å². The molecule has 4 heteroatoms. The molecule has 2 fully saturated rings. The lowest BCUT2D eigenvalue weighted by Gasteiger charge is -2.21. The highest BCUT2D eigenvalue weighted by atomic mass is 16.2. The predicted octanol–water partition coefficient (Wildman–Crippen LogP) is 1.59. The molecule has 2 saturated carbocycles. The third-order valence-corrected chi connectivity index (χ3v) is 3.67. The second-order valence-electron chi connectivity index (χ2n) is 5.35. The Morgan fingerprint density at radius 1 is 1.24 bits per heavy atom. The molecule has 4 nitrogen and oxygen atoms in total. The Bertz CT molecular complexity index is 304. The summed E-state index contributed by atoms with van der Waals surface area (Å²) in [4.78, 5) is 16.1. The van der Waals surface area contributed by atoms with Crippen molar-refractivity contribution in [2.75, 3.05) is 0 Å². The molecule has 17 heavy (non-hydrogen) atoms. The molecule has 1 amide bonds. The van der Waals surface area contributed by atoms with Crippen LogP contribution in [0.2, 0.25) is 0 Å².